The zero-order valence-electron chi connectivity index (χ0n) is 7.92. The van der Waals surface area contributed by atoms with Crippen molar-refractivity contribution in [2.75, 3.05) is 0 Å². The number of hydrogen-bond donors (Lipinski definition) is 1. The fourth-order valence-electron chi connectivity index (χ4n) is 0.702. The molecule has 8 heteroatoms. The van der Waals surface area contributed by atoms with Crippen molar-refractivity contribution in [3.05, 3.63) is 33.1 Å². The van der Waals surface area contributed by atoms with Crippen LogP contribution in [0.2, 0.25) is 0 Å². The van der Waals surface area contributed by atoms with Crippen LogP contribution in [0.5, 0.6) is 0 Å². The molecule has 0 heterocycles. The van der Waals surface area contributed by atoms with Crippen LogP contribution in [0.15, 0.2) is 18.2 Å². The number of carbonyl (C=O) groups is 3. The Morgan fingerprint density at radius 3 is 1.88 bits per heavy atom. The lowest BCUT2D eigenvalue weighted by Gasteiger charge is -1.98. The third kappa shape index (κ3) is 5.94. The van der Waals surface area contributed by atoms with Crippen LogP contribution in [-0.4, -0.2) is 21.6 Å². The minimum Gasteiger partial charge on any atom is -0.478 e. The molecule has 0 radical (unpaired) electrons. The molecule has 0 amide bonds. The van der Waals surface area contributed by atoms with E-state index in [1.165, 1.54) is 6.07 Å². The van der Waals surface area contributed by atoms with E-state index < -0.39 is 22.3 Å². The van der Waals surface area contributed by atoms with Gasteiger partial charge in [-0.05, 0) is 57.9 Å². The van der Waals surface area contributed by atoms with Crippen LogP contribution in [0.4, 0.5) is 4.39 Å². The van der Waals surface area contributed by atoms with Crippen LogP contribution in [0, 0.1) is 9.39 Å². The molecule has 0 fully saturated rings. The van der Waals surface area contributed by atoms with Crippen molar-refractivity contribution < 1.29 is 23.9 Å². The van der Waals surface area contributed by atoms with E-state index in [2.05, 4.69) is 23.2 Å². The van der Waals surface area contributed by atoms with Crippen molar-refractivity contribution in [2.24, 2.45) is 0 Å². The molecule has 1 aromatic carbocycles. The van der Waals surface area contributed by atoms with Crippen LogP contribution < -0.4 is 0 Å². The standard InChI is InChI=1S/C7H4FIO2.C2Cl2O2/c8-4-2-1-3-5(9)6(4)7(10)11;3-1(5)2(4)6/h1-3H,(H,10,11);. The summed E-state index contributed by atoms with van der Waals surface area (Å²) in [5, 5.41) is 6.22. The molecule has 0 unspecified atom stereocenters. The van der Waals surface area contributed by atoms with Crippen molar-refractivity contribution in [3.8, 4) is 0 Å². The lowest BCUT2D eigenvalue weighted by Crippen LogP contribution is -2.02. The van der Waals surface area contributed by atoms with Gasteiger partial charge in [-0.2, -0.15) is 0 Å². The van der Waals surface area contributed by atoms with Crippen molar-refractivity contribution in [1.82, 2.24) is 0 Å². The number of rotatable bonds is 2. The van der Waals surface area contributed by atoms with E-state index in [0.717, 1.165) is 6.07 Å². The molecule has 0 aromatic heterocycles. The first-order valence-electron chi connectivity index (χ1n) is 3.84. The van der Waals surface area contributed by atoms with Crippen LogP contribution in [0.25, 0.3) is 0 Å². The van der Waals surface area contributed by atoms with Crippen LogP contribution in [0.1, 0.15) is 10.4 Å². The topological polar surface area (TPSA) is 71.4 Å². The summed E-state index contributed by atoms with van der Waals surface area (Å²) in [5.41, 5.74) is -0.256. The second-order valence-electron chi connectivity index (χ2n) is 2.45. The highest BCUT2D eigenvalue weighted by atomic mass is 127. The molecule has 0 aliphatic rings. The zero-order chi connectivity index (χ0) is 13.6. The third-order valence-corrected chi connectivity index (χ3v) is 2.67. The predicted molar refractivity (Wildman–Crippen MR) is 67.8 cm³/mol. The molecule has 0 saturated carbocycles. The van der Waals surface area contributed by atoms with Gasteiger partial charge >= 0.3 is 16.5 Å². The number of carboxylic acid groups (broad SMARTS) is 1. The number of carbonyl (C=O) groups excluding carboxylic acids is 2. The highest BCUT2D eigenvalue weighted by Crippen LogP contribution is 2.15. The Balaban J connectivity index is 0.000000366. The largest absolute Gasteiger partial charge is 0.478 e. The molecule has 1 N–H and O–H groups in total. The molecule has 92 valence electrons. The highest BCUT2D eigenvalue weighted by Gasteiger charge is 2.12. The smallest absolute Gasteiger partial charge is 0.339 e. The molecular formula is C9H4Cl2FIO4. The van der Waals surface area contributed by atoms with Gasteiger partial charge in [-0.25, -0.2) is 9.18 Å². The molecule has 0 aliphatic carbocycles. The van der Waals surface area contributed by atoms with E-state index in [9.17, 15) is 18.8 Å². The minimum absolute atomic E-state index is 0.256. The lowest BCUT2D eigenvalue weighted by atomic mass is 10.2. The van der Waals surface area contributed by atoms with Gasteiger partial charge in [0.05, 0.1) is 0 Å². The van der Waals surface area contributed by atoms with Crippen molar-refractivity contribution in [1.29, 1.82) is 0 Å². The maximum atomic E-state index is 12.7. The molecule has 0 spiro atoms. The van der Waals surface area contributed by atoms with E-state index in [0.29, 0.717) is 3.57 Å². The molecule has 1 aromatic rings. The van der Waals surface area contributed by atoms with E-state index in [4.69, 9.17) is 5.11 Å². The number of aromatic carboxylic acids is 1. The zero-order valence-corrected chi connectivity index (χ0v) is 11.6. The van der Waals surface area contributed by atoms with Gasteiger partial charge in [-0.1, -0.05) is 6.07 Å². The molecule has 0 atom stereocenters. The minimum atomic E-state index is -1.23. The summed E-state index contributed by atoms with van der Waals surface area (Å²) in [6.45, 7) is 0. The monoisotopic (exact) mass is 392 g/mol. The number of hydrogen-bond acceptors (Lipinski definition) is 3. The predicted octanol–water partition coefficient (Wildman–Crippen LogP) is 2.65. The maximum Gasteiger partial charge on any atom is 0.339 e. The van der Waals surface area contributed by atoms with Gasteiger partial charge in [0.15, 0.2) is 0 Å². The van der Waals surface area contributed by atoms with Gasteiger partial charge in [-0.15, -0.1) is 0 Å². The van der Waals surface area contributed by atoms with Gasteiger partial charge in [0, 0.05) is 3.57 Å². The molecule has 1 rings (SSSR count). The highest BCUT2D eigenvalue weighted by molar-refractivity contribution is 14.1. The second-order valence-corrected chi connectivity index (χ2v) is 4.30. The van der Waals surface area contributed by atoms with Gasteiger partial charge < -0.3 is 5.11 Å². The molecule has 0 bridgehead atoms. The average Bonchev–Trinajstić information content (AvgIpc) is 2.17. The first-order chi connectivity index (χ1) is 7.77. The number of carboxylic acids is 1. The van der Waals surface area contributed by atoms with E-state index in [1.807, 2.05) is 0 Å². The molecule has 0 saturated heterocycles. The summed E-state index contributed by atoms with van der Waals surface area (Å²) in [6.07, 6.45) is 0. The quantitative estimate of drug-likeness (QED) is 0.477. The molecule has 4 nitrogen and oxygen atoms in total. The van der Waals surface area contributed by atoms with Crippen molar-refractivity contribution >= 4 is 62.2 Å². The lowest BCUT2D eigenvalue weighted by molar-refractivity contribution is -0.127. The Bertz CT molecular complexity index is 432. The van der Waals surface area contributed by atoms with Crippen molar-refractivity contribution in [3.63, 3.8) is 0 Å². The normalized spacial score (nSPS) is 8.94. The summed E-state index contributed by atoms with van der Waals surface area (Å²) in [4.78, 5) is 29.3. The van der Waals surface area contributed by atoms with Gasteiger partial charge in [0.25, 0.3) is 0 Å². The average molecular weight is 393 g/mol. The first-order valence-corrected chi connectivity index (χ1v) is 5.67. The molecule has 0 aliphatic heterocycles. The Hall–Kier alpha value is -0.730. The molecular weight excluding hydrogens is 389 g/mol. The van der Waals surface area contributed by atoms with Gasteiger partial charge in [0.1, 0.15) is 11.4 Å². The Labute approximate surface area is 119 Å². The summed E-state index contributed by atoms with van der Waals surface area (Å²) >= 11 is 10.8. The fourth-order valence-corrected chi connectivity index (χ4v) is 1.40. The van der Waals surface area contributed by atoms with Crippen LogP contribution in [0.3, 0.4) is 0 Å². The summed E-state index contributed by atoms with van der Waals surface area (Å²) in [6, 6.07) is 4.16. The summed E-state index contributed by atoms with van der Waals surface area (Å²) in [7, 11) is 0. The fraction of sp³-hybridized carbons (Fsp3) is 0. The van der Waals surface area contributed by atoms with Gasteiger partial charge in [-0.3, -0.25) is 9.59 Å². The maximum absolute atomic E-state index is 12.7. The van der Waals surface area contributed by atoms with E-state index >= 15 is 0 Å². The van der Waals surface area contributed by atoms with Gasteiger partial charge in [0.2, 0.25) is 0 Å². The first kappa shape index (κ1) is 16.3. The number of benzene rings is 1. The van der Waals surface area contributed by atoms with Crippen LogP contribution >= 0.6 is 45.8 Å². The van der Waals surface area contributed by atoms with Crippen LogP contribution in [-0.2, 0) is 9.59 Å². The molecule has 17 heavy (non-hydrogen) atoms. The Kier molecular flexibility index (Phi) is 7.24. The Morgan fingerprint density at radius 2 is 1.65 bits per heavy atom. The Morgan fingerprint density at radius 1 is 1.18 bits per heavy atom. The van der Waals surface area contributed by atoms with E-state index in [1.54, 1.807) is 28.7 Å². The summed E-state index contributed by atoms with van der Waals surface area (Å²) in [5.74, 6) is -1.92. The van der Waals surface area contributed by atoms with Crippen molar-refractivity contribution in [2.45, 2.75) is 0 Å². The second kappa shape index (κ2) is 7.57. The van der Waals surface area contributed by atoms with E-state index in [-0.39, 0.29) is 5.56 Å². The number of halogens is 4. The summed E-state index contributed by atoms with van der Waals surface area (Å²) < 4.78 is 13.1. The third-order valence-electron chi connectivity index (χ3n) is 1.33. The SMILES string of the molecule is O=C(Cl)C(=O)Cl.O=C(O)c1c(F)cccc1I.